The number of hydrogen-bond donors (Lipinski definition) is 2. The first-order chi connectivity index (χ1) is 16.1. The summed E-state index contributed by atoms with van der Waals surface area (Å²) in [5, 5.41) is 7.21. The number of piperidine rings is 1. The molecule has 3 heterocycles. The number of hydrogen-bond acceptors (Lipinski definition) is 6. The Morgan fingerprint density at radius 2 is 1.97 bits per heavy atom. The Morgan fingerprint density at radius 1 is 1.18 bits per heavy atom. The monoisotopic (exact) mass is 449 g/mol. The van der Waals surface area contributed by atoms with Crippen molar-refractivity contribution in [3.8, 4) is 11.5 Å². The van der Waals surface area contributed by atoms with Gasteiger partial charge in [-0.15, -0.1) is 0 Å². The Labute approximate surface area is 194 Å². The largest absolute Gasteiger partial charge is 0.497 e. The number of fused-ring (bicyclic) bond motifs is 1. The molecule has 2 aromatic rings. The normalized spacial score (nSPS) is 23.7. The highest BCUT2D eigenvalue weighted by molar-refractivity contribution is 6.09. The number of amides is 1. The number of carbonyl (C=O) groups is 1. The number of pyridine rings is 1. The van der Waals surface area contributed by atoms with E-state index in [2.05, 4.69) is 15.6 Å². The number of nitrogens with zero attached hydrogens (tertiary/aromatic N) is 3. The summed E-state index contributed by atoms with van der Waals surface area (Å²) in [6.07, 6.45) is 8.27. The fraction of sp³-hybridized carbons (Fsp3) is 0.480. The summed E-state index contributed by atoms with van der Waals surface area (Å²) in [5.41, 5.74) is 0.513. The van der Waals surface area contributed by atoms with Crippen LogP contribution in [0.5, 0.6) is 11.5 Å². The smallest absolute Gasteiger partial charge is 0.260 e. The van der Waals surface area contributed by atoms with Crippen molar-refractivity contribution in [2.24, 2.45) is 4.99 Å². The van der Waals surface area contributed by atoms with Crippen LogP contribution in [-0.4, -0.2) is 60.0 Å². The number of aliphatic imine (C=N–C) groups is 1. The quantitative estimate of drug-likeness (QED) is 0.724. The molecular formula is C25H31N5O3. The van der Waals surface area contributed by atoms with Crippen molar-refractivity contribution in [1.29, 1.82) is 0 Å². The van der Waals surface area contributed by atoms with Gasteiger partial charge in [-0.3, -0.25) is 9.79 Å². The molecular weight excluding hydrogens is 418 g/mol. The summed E-state index contributed by atoms with van der Waals surface area (Å²) < 4.78 is 10.9. The summed E-state index contributed by atoms with van der Waals surface area (Å²) in [4.78, 5) is 24.6. The summed E-state index contributed by atoms with van der Waals surface area (Å²) in [6.45, 7) is 1.26. The van der Waals surface area contributed by atoms with Gasteiger partial charge in [0.25, 0.3) is 5.91 Å². The number of amidine groups is 1. The van der Waals surface area contributed by atoms with Gasteiger partial charge >= 0.3 is 0 Å². The third-order valence-electron chi connectivity index (χ3n) is 6.77. The Kier molecular flexibility index (Phi) is 6.07. The Hall–Kier alpha value is -3.29. The van der Waals surface area contributed by atoms with Crippen LogP contribution in [-0.2, 0) is 4.79 Å². The Morgan fingerprint density at radius 3 is 2.76 bits per heavy atom. The molecule has 1 atom stereocenters. The van der Waals surface area contributed by atoms with Gasteiger partial charge in [0.1, 0.15) is 22.9 Å². The SMILES string of the molecule is COc1ccc(OCC(=O)N2CCC[C@]3(C2)Nc2cccnc2NC3=NC2CCCC2)cc1. The average molecular weight is 450 g/mol. The molecule has 1 amide bonds. The highest BCUT2D eigenvalue weighted by Crippen LogP contribution is 2.36. The zero-order valence-electron chi connectivity index (χ0n) is 19.0. The van der Waals surface area contributed by atoms with E-state index in [0.29, 0.717) is 24.9 Å². The minimum atomic E-state index is -0.438. The van der Waals surface area contributed by atoms with E-state index in [4.69, 9.17) is 14.5 Å². The highest BCUT2D eigenvalue weighted by atomic mass is 16.5. The first-order valence-electron chi connectivity index (χ1n) is 11.8. The van der Waals surface area contributed by atoms with Crippen molar-refractivity contribution in [2.45, 2.75) is 50.1 Å². The number of ether oxygens (including phenoxy) is 2. The van der Waals surface area contributed by atoms with E-state index in [1.165, 1.54) is 12.8 Å². The highest BCUT2D eigenvalue weighted by Gasteiger charge is 2.45. The van der Waals surface area contributed by atoms with Gasteiger partial charge in [0.2, 0.25) is 0 Å². The molecule has 8 heteroatoms. The van der Waals surface area contributed by atoms with Crippen LogP contribution in [0.1, 0.15) is 38.5 Å². The topological polar surface area (TPSA) is 88.1 Å². The average Bonchev–Trinajstić information content (AvgIpc) is 3.37. The number of nitrogens with one attached hydrogen (secondary N) is 2. The van der Waals surface area contributed by atoms with Gasteiger partial charge in [-0.2, -0.15) is 0 Å². The van der Waals surface area contributed by atoms with Gasteiger partial charge < -0.3 is 25.0 Å². The van der Waals surface area contributed by atoms with Crippen molar-refractivity contribution < 1.29 is 14.3 Å². The number of carbonyl (C=O) groups excluding carboxylic acids is 1. The third-order valence-corrected chi connectivity index (χ3v) is 6.77. The summed E-state index contributed by atoms with van der Waals surface area (Å²) in [5.74, 6) is 3.09. The molecule has 1 aliphatic carbocycles. The van der Waals surface area contributed by atoms with Crippen LogP contribution in [0.3, 0.4) is 0 Å². The molecule has 1 saturated heterocycles. The molecule has 5 rings (SSSR count). The lowest BCUT2D eigenvalue weighted by atomic mass is 9.85. The van der Waals surface area contributed by atoms with Crippen LogP contribution >= 0.6 is 0 Å². The predicted molar refractivity (Wildman–Crippen MR) is 128 cm³/mol. The van der Waals surface area contributed by atoms with E-state index < -0.39 is 5.54 Å². The number of aromatic nitrogens is 1. The molecule has 33 heavy (non-hydrogen) atoms. The van der Waals surface area contributed by atoms with Crippen molar-refractivity contribution in [1.82, 2.24) is 9.88 Å². The first-order valence-corrected chi connectivity index (χ1v) is 11.8. The second-order valence-electron chi connectivity index (χ2n) is 9.03. The number of likely N-dealkylation sites (tertiary alicyclic amines) is 1. The molecule has 0 bridgehead atoms. The van der Waals surface area contributed by atoms with Gasteiger partial charge in [0, 0.05) is 12.7 Å². The molecule has 8 nitrogen and oxygen atoms in total. The Bertz CT molecular complexity index is 1020. The Balaban J connectivity index is 1.33. The lowest BCUT2D eigenvalue weighted by Gasteiger charge is -2.47. The first kappa shape index (κ1) is 21.6. The lowest BCUT2D eigenvalue weighted by molar-refractivity contribution is -0.134. The molecule has 1 saturated carbocycles. The van der Waals surface area contributed by atoms with Gasteiger partial charge in [-0.25, -0.2) is 4.98 Å². The maximum absolute atomic E-state index is 13.1. The maximum Gasteiger partial charge on any atom is 0.260 e. The molecule has 1 aromatic heterocycles. The van der Waals surface area contributed by atoms with Crippen molar-refractivity contribution in [3.05, 3.63) is 42.6 Å². The van der Waals surface area contributed by atoms with E-state index >= 15 is 0 Å². The van der Waals surface area contributed by atoms with Gasteiger partial charge in [0.15, 0.2) is 12.4 Å². The number of benzene rings is 1. The van der Waals surface area contributed by atoms with Crippen LogP contribution in [0.4, 0.5) is 11.5 Å². The summed E-state index contributed by atoms with van der Waals surface area (Å²) in [7, 11) is 1.62. The maximum atomic E-state index is 13.1. The third kappa shape index (κ3) is 4.60. The van der Waals surface area contributed by atoms with E-state index in [0.717, 1.165) is 48.8 Å². The standard InChI is InChI=1S/C25H31N5O3/c1-32-19-9-11-20(12-10-19)33-16-22(31)30-15-5-13-25(17-30)24(27-18-6-2-3-7-18)28-23-21(29-25)8-4-14-26-23/h4,8-12,14,18,29H,2-3,5-7,13,15-17H2,1H3,(H,26,27,28)/t25-/m1/s1. The minimum Gasteiger partial charge on any atom is -0.497 e. The van der Waals surface area contributed by atoms with Crippen LogP contribution < -0.4 is 20.1 Å². The molecule has 2 aliphatic heterocycles. The fourth-order valence-electron chi connectivity index (χ4n) is 5.00. The van der Waals surface area contributed by atoms with Crippen molar-refractivity contribution >= 4 is 23.2 Å². The summed E-state index contributed by atoms with van der Waals surface area (Å²) >= 11 is 0. The van der Waals surface area contributed by atoms with Gasteiger partial charge in [0.05, 0.1) is 25.4 Å². The van der Waals surface area contributed by atoms with Crippen LogP contribution in [0.2, 0.25) is 0 Å². The fourth-order valence-corrected chi connectivity index (χ4v) is 5.00. The van der Waals surface area contributed by atoms with E-state index in [9.17, 15) is 4.79 Å². The molecule has 3 aliphatic rings. The lowest BCUT2D eigenvalue weighted by Crippen LogP contribution is -2.63. The summed E-state index contributed by atoms with van der Waals surface area (Å²) in [6, 6.07) is 11.6. The second-order valence-corrected chi connectivity index (χ2v) is 9.03. The molecule has 0 radical (unpaired) electrons. The van der Waals surface area contributed by atoms with Crippen molar-refractivity contribution in [2.75, 3.05) is 37.4 Å². The van der Waals surface area contributed by atoms with Gasteiger partial charge in [-0.05, 0) is 62.1 Å². The molecule has 1 aromatic carbocycles. The zero-order valence-corrected chi connectivity index (χ0v) is 19.0. The predicted octanol–water partition coefficient (Wildman–Crippen LogP) is 3.71. The van der Waals surface area contributed by atoms with Gasteiger partial charge in [-0.1, -0.05) is 12.8 Å². The van der Waals surface area contributed by atoms with E-state index in [-0.39, 0.29) is 12.5 Å². The molecule has 2 N–H and O–H groups in total. The van der Waals surface area contributed by atoms with E-state index in [1.54, 1.807) is 13.3 Å². The number of rotatable bonds is 5. The van der Waals surface area contributed by atoms with Crippen LogP contribution in [0.15, 0.2) is 47.6 Å². The minimum absolute atomic E-state index is 0.00306. The van der Waals surface area contributed by atoms with Crippen molar-refractivity contribution in [3.63, 3.8) is 0 Å². The zero-order chi connectivity index (χ0) is 22.7. The van der Waals surface area contributed by atoms with Crippen LogP contribution in [0.25, 0.3) is 0 Å². The van der Waals surface area contributed by atoms with Crippen LogP contribution in [0, 0.1) is 0 Å². The molecule has 1 spiro atoms. The molecule has 0 unspecified atom stereocenters. The van der Waals surface area contributed by atoms with E-state index in [1.807, 2.05) is 41.3 Å². The number of methoxy groups -OCH3 is 1. The molecule has 174 valence electrons. The second kappa shape index (κ2) is 9.29. The number of anilines is 2. The molecule has 2 fully saturated rings.